The van der Waals surface area contributed by atoms with Crippen molar-refractivity contribution in [2.24, 2.45) is 0 Å². The first-order valence-electron chi connectivity index (χ1n) is 35.5. The largest absolute Gasteiger partial charge is 0.394 e. The van der Waals surface area contributed by atoms with Gasteiger partial charge < -0.3 is 40.3 Å². The van der Waals surface area contributed by atoms with Crippen molar-refractivity contribution in [1.29, 1.82) is 0 Å². The topological polar surface area (TPSA) is 149 Å². The van der Waals surface area contributed by atoms with Crippen LogP contribution in [-0.2, 0) is 14.3 Å². The Kier molecular flexibility index (Phi) is 59.5. The van der Waals surface area contributed by atoms with Crippen LogP contribution in [0.15, 0.2) is 97.2 Å². The van der Waals surface area contributed by atoms with E-state index in [0.29, 0.717) is 6.42 Å². The van der Waals surface area contributed by atoms with Crippen molar-refractivity contribution in [3.8, 4) is 0 Å². The van der Waals surface area contributed by atoms with Gasteiger partial charge in [-0.15, -0.1) is 0 Å². The fourth-order valence-corrected chi connectivity index (χ4v) is 10.9. The van der Waals surface area contributed by atoms with Crippen molar-refractivity contribution in [2.75, 3.05) is 13.2 Å². The number of carbonyl (C=O) groups excluding carboxylic acids is 1. The van der Waals surface area contributed by atoms with E-state index in [9.17, 15) is 30.3 Å². The molecular weight excluding hydrogens is 1040 g/mol. The first-order valence-corrected chi connectivity index (χ1v) is 35.5. The number of aliphatic hydroxyl groups excluding tert-OH is 5. The van der Waals surface area contributed by atoms with Gasteiger partial charge in [-0.2, -0.15) is 0 Å². The molecule has 0 saturated carbocycles. The van der Waals surface area contributed by atoms with E-state index >= 15 is 0 Å². The van der Waals surface area contributed by atoms with Gasteiger partial charge in [0.05, 0.1) is 25.4 Å². The van der Waals surface area contributed by atoms with Gasteiger partial charge >= 0.3 is 0 Å². The lowest BCUT2D eigenvalue weighted by Crippen LogP contribution is -2.60. The minimum atomic E-state index is -1.58. The number of allylic oxidation sites excluding steroid dienone is 15. The third-order valence-electron chi connectivity index (χ3n) is 16.4. The highest BCUT2D eigenvalue weighted by Crippen LogP contribution is 2.23. The van der Waals surface area contributed by atoms with Crippen LogP contribution < -0.4 is 5.32 Å². The lowest BCUT2D eigenvalue weighted by molar-refractivity contribution is -0.302. The third kappa shape index (κ3) is 51.2. The molecule has 1 saturated heterocycles. The third-order valence-corrected chi connectivity index (χ3v) is 16.4. The molecule has 7 unspecified atom stereocenters. The normalized spacial score (nSPS) is 18.8. The van der Waals surface area contributed by atoms with Crippen LogP contribution in [0, 0.1) is 0 Å². The van der Waals surface area contributed by atoms with Crippen molar-refractivity contribution in [1.82, 2.24) is 5.32 Å². The van der Waals surface area contributed by atoms with E-state index in [1.807, 2.05) is 6.08 Å². The van der Waals surface area contributed by atoms with Gasteiger partial charge in [-0.1, -0.05) is 323 Å². The highest BCUT2D eigenvalue weighted by Gasteiger charge is 2.44. The van der Waals surface area contributed by atoms with Gasteiger partial charge in [0.1, 0.15) is 24.4 Å². The summed E-state index contributed by atoms with van der Waals surface area (Å²) in [6, 6.07) is -0.827. The van der Waals surface area contributed by atoms with Crippen LogP contribution in [0.3, 0.4) is 0 Å². The van der Waals surface area contributed by atoms with Crippen LogP contribution in [0.1, 0.15) is 316 Å². The minimum Gasteiger partial charge on any atom is -0.394 e. The second-order valence-corrected chi connectivity index (χ2v) is 24.3. The van der Waals surface area contributed by atoms with E-state index in [1.165, 1.54) is 218 Å². The Morgan fingerprint density at radius 1 is 0.417 bits per heavy atom. The molecule has 0 aromatic carbocycles. The number of ether oxygens (including phenoxy) is 2. The molecule has 0 bridgehead atoms. The van der Waals surface area contributed by atoms with Crippen LogP contribution in [0.2, 0.25) is 0 Å². The molecular formula is C75H133NO8. The molecule has 9 heteroatoms. The predicted molar refractivity (Wildman–Crippen MR) is 359 cm³/mol. The second kappa shape index (κ2) is 63.1. The smallest absolute Gasteiger partial charge is 0.220 e. The lowest BCUT2D eigenvalue weighted by atomic mass is 9.99. The SMILES string of the molecule is CC/C=C\C/C=C\C/C=C\C/C=C\C/C=C\C/C=C\CCCCCCCCCCCCCCCCCCCCC(=O)NC(COC1OC(CO)C(O)C(O)C1O)C(O)/C=C/CC/C=C/CCCCCCCCCCCCCCCCCCCC. The molecule has 6 N–H and O–H groups in total. The minimum absolute atomic E-state index is 0.184. The Balaban J connectivity index is 2.12. The van der Waals surface area contributed by atoms with Gasteiger partial charge in [0.25, 0.3) is 0 Å². The fraction of sp³-hybridized carbons (Fsp3) is 0.773. The van der Waals surface area contributed by atoms with Crippen LogP contribution in [0.4, 0.5) is 0 Å². The van der Waals surface area contributed by atoms with E-state index in [2.05, 4.69) is 104 Å². The summed E-state index contributed by atoms with van der Waals surface area (Å²) in [7, 11) is 0. The molecule has 1 rings (SSSR count). The van der Waals surface area contributed by atoms with Gasteiger partial charge in [0.2, 0.25) is 5.91 Å². The van der Waals surface area contributed by atoms with Crippen LogP contribution >= 0.6 is 0 Å². The monoisotopic (exact) mass is 1180 g/mol. The zero-order chi connectivity index (χ0) is 60.7. The summed E-state index contributed by atoms with van der Waals surface area (Å²) in [6.45, 7) is 3.68. The number of unbranched alkanes of at least 4 members (excludes halogenated alkanes) is 37. The number of rotatable bonds is 61. The highest BCUT2D eigenvalue weighted by molar-refractivity contribution is 5.76. The molecule has 0 aliphatic carbocycles. The zero-order valence-electron chi connectivity index (χ0n) is 54.4. The molecule has 0 aromatic rings. The molecule has 1 aliphatic rings. The molecule has 1 amide bonds. The summed E-state index contributed by atoms with van der Waals surface area (Å²) in [4.78, 5) is 13.1. The first-order chi connectivity index (χ1) is 41.3. The molecule has 1 aliphatic heterocycles. The maximum Gasteiger partial charge on any atom is 0.220 e. The highest BCUT2D eigenvalue weighted by atomic mass is 16.7. The van der Waals surface area contributed by atoms with Crippen molar-refractivity contribution in [3.05, 3.63) is 97.2 Å². The average Bonchev–Trinajstić information content (AvgIpc) is 3.70. The van der Waals surface area contributed by atoms with Crippen molar-refractivity contribution < 1.29 is 39.8 Å². The fourth-order valence-electron chi connectivity index (χ4n) is 10.9. The predicted octanol–water partition coefficient (Wildman–Crippen LogP) is 19.5. The Bertz CT molecular complexity index is 1650. The Morgan fingerprint density at radius 2 is 0.750 bits per heavy atom. The van der Waals surface area contributed by atoms with Gasteiger partial charge in [0.15, 0.2) is 6.29 Å². The number of hydrogen-bond donors (Lipinski definition) is 6. The molecule has 1 heterocycles. The van der Waals surface area contributed by atoms with Crippen molar-refractivity contribution in [3.63, 3.8) is 0 Å². The average molecular weight is 1180 g/mol. The number of carbonyl (C=O) groups is 1. The van der Waals surface area contributed by atoms with E-state index in [1.54, 1.807) is 6.08 Å². The number of hydrogen-bond acceptors (Lipinski definition) is 8. The summed E-state index contributed by atoms with van der Waals surface area (Å²) in [5.41, 5.74) is 0. The quantitative estimate of drug-likeness (QED) is 0.0261. The summed E-state index contributed by atoms with van der Waals surface area (Å²) < 4.78 is 11.3. The van der Waals surface area contributed by atoms with Crippen LogP contribution in [0.5, 0.6) is 0 Å². The van der Waals surface area contributed by atoms with Gasteiger partial charge in [-0.25, -0.2) is 0 Å². The van der Waals surface area contributed by atoms with Crippen LogP contribution in [-0.4, -0.2) is 87.5 Å². The molecule has 7 atom stereocenters. The van der Waals surface area contributed by atoms with E-state index in [-0.39, 0.29) is 12.5 Å². The Morgan fingerprint density at radius 3 is 1.14 bits per heavy atom. The number of aliphatic hydroxyl groups is 5. The van der Waals surface area contributed by atoms with Gasteiger partial charge in [-0.3, -0.25) is 4.79 Å². The first kappa shape index (κ1) is 79.1. The van der Waals surface area contributed by atoms with Gasteiger partial charge in [-0.05, 0) is 83.5 Å². The van der Waals surface area contributed by atoms with Gasteiger partial charge in [0, 0.05) is 6.42 Å². The molecule has 84 heavy (non-hydrogen) atoms. The van der Waals surface area contributed by atoms with E-state index in [4.69, 9.17) is 9.47 Å². The van der Waals surface area contributed by atoms with Crippen LogP contribution in [0.25, 0.3) is 0 Å². The molecule has 0 radical (unpaired) electrons. The maximum absolute atomic E-state index is 13.1. The summed E-state index contributed by atoms with van der Waals surface area (Å²) >= 11 is 0. The second-order valence-electron chi connectivity index (χ2n) is 24.3. The van der Waals surface area contributed by atoms with E-state index in [0.717, 1.165) is 77.0 Å². The molecule has 1 fully saturated rings. The molecule has 0 aromatic heterocycles. The Hall–Kier alpha value is -2.89. The number of nitrogens with one attached hydrogen (secondary N) is 1. The van der Waals surface area contributed by atoms with E-state index < -0.39 is 49.5 Å². The molecule has 9 nitrogen and oxygen atoms in total. The summed E-state index contributed by atoms with van der Waals surface area (Å²) in [5.74, 6) is -0.184. The number of amides is 1. The summed E-state index contributed by atoms with van der Waals surface area (Å²) in [6.07, 6.45) is 85.2. The van der Waals surface area contributed by atoms with Crippen molar-refractivity contribution in [2.45, 2.75) is 358 Å². The molecule has 0 spiro atoms. The standard InChI is InChI=1S/C75H133NO8/c1-3-5-7-9-11-13-15-17-19-21-23-25-27-29-30-31-32-33-34-35-36-37-38-39-40-41-43-45-47-49-51-53-55-57-59-61-63-65-71(79)76-68(67-83-75-74(82)73(81)72(80)70(66-77)84-75)69(78)64-62-60-58-56-54-52-50-48-46-44-42-28-26-24-22-20-18-16-14-12-10-8-6-4-2/h5,7,11,13,17,19,23,25,29-30,32-33,54,56,62,64,68-70,72-75,77-78,80-82H,3-4,6,8-10,12,14-16,18,20-22,24,26-28,31,34-53,55,57-61,63,65-67H2,1-2H3,(H,76,79)/b7-5-,13-11-,19-17-,25-23-,30-29-,33-32-,56-54+,64-62+. The Labute approximate surface area is 517 Å². The lowest BCUT2D eigenvalue weighted by Gasteiger charge is -2.40. The zero-order valence-corrected chi connectivity index (χ0v) is 54.4. The summed E-state index contributed by atoms with van der Waals surface area (Å²) in [5, 5.41) is 54.7. The van der Waals surface area contributed by atoms with Crippen molar-refractivity contribution >= 4 is 5.91 Å². The maximum atomic E-state index is 13.1. The molecule has 486 valence electrons.